The molecule has 1 aromatic heterocycles. The summed E-state index contributed by atoms with van der Waals surface area (Å²) in [5.41, 5.74) is 3.90. The van der Waals surface area contributed by atoms with Crippen molar-refractivity contribution in [2.24, 2.45) is 0 Å². The van der Waals surface area contributed by atoms with Crippen molar-refractivity contribution >= 4 is 16.5 Å². The first-order valence-electron chi connectivity index (χ1n) is 5.48. The predicted octanol–water partition coefficient (Wildman–Crippen LogP) is 3.86. The number of nitrogens with one attached hydrogen (secondary N) is 1. The lowest BCUT2D eigenvalue weighted by molar-refractivity contribution is 1.19. The molecule has 2 nitrogen and oxygen atoms in total. The number of hydrogen-bond donors (Lipinski definition) is 1. The van der Waals surface area contributed by atoms with Crippen molar-refractivity contribution in [1.29, 1.82) is 0 Å². The summed E-state index contributed by atoms with van der Waals surface area (Å²) in [5.74, 6) is 0. The van der Waals surface area contributed by atoms with E-state index in [-0.39, 0.29) is 0 Å². The van der Waals surface area contributed by atoms with Crippen molar-refractivity contribution in [3.8, 4) is 10.4 Å². The van der Waals surface area contributed by atoms with Crippen LogP contribution in [0.5, 0.6) is 0 Å². The maximum Gasteiger partial charge on any atom is 0.183 e. The smallest absolute Gasteiger partial charge is 0.183 e. The standard InChI is InChI=1S/C13H16N2S/c1-4-14-13-15-8-12(16-13)11-6-5-9(2)7-10(11)3/h5-8H,4H2,1-3H3,(H,14,15). The number of aromatic nitrogens is 1. The Morgan fingerprint density at radius 2 is 2.12 bits per heavy atom. The highest BCUT2D eigenvalue weighted by atomic mass is 32.1. The zero-order chi connectivity index (χ0) is 11.5. The van der Waals surface area contributed by atoms with E-state index in [1.54, 1.807) is 11.3 Å². The van der Waals surface area contributed by atoms with Gasteiger partial charge in [0, 0.05) is 12.7 Å². The summed E-state index contributed by atoms with van der Waals surface area (Å²) in [4.78, 5) is 5.58. The van der Waals surface area contributed by atoms with Crippen LogP contribution in [0.3, 0.4) is 0 Å². The number of aryl methyl sites for hydroxylation is 2. The lowest BCUT2D eigenvalue weighted by Crippen LogP contribution is -1.94. The number of thiazole rings is 1. The number of anilines is 1. The zero-order valence-electron chi connectivity index (χ0n) is 9.87. The highest BCUT2D eigenvalue weighted by molar-refractivity contribution is 7.18. The van der Waals surface area contributed by atoms with Gasteiger partial charge in [0.15, 0.2) is 5.13 Å². The molecule has 0 aliphatic heterocycles. The van der Waals surface area contributed by atoms with Crippen molar-refractivity contribution in [2.75, 3.05) is 11.9 Å². The molecule has 0 amide bonds. The van der Waals surface area contributed by atoms with Gasteiger partial charge < -0.3 is 5.32 Å². The Morgan fingerprint density at radius 3 is 2.81 bits per heavy atom. The molecule has 0 aliphatic carbocycles. The molecule has 0 radical (unpaired) electrons. The molecule has 0 fully saturated rings. The van der Waals surface area contributed by atoms with Gasteiger partial charge in [-0.15, -0.1) is 0 Å². The number of hydrogen-bond acceptors (Lipinski definition) is 3. The van der Waals surface area contributed by atoms with Crippen molar-refractivity contribution < 1.29 is 0 Å². The van der Waals surface area contributed by atoms with Crippen LogP contribution in [0.4, 0.5) is 5.13 Å². The minimum atomic E-state index is 0.917. The van der Waals surface area contributed by atoms with Crippen LogP contribution in [-0.4, -0.2) is 11.5 Å². The summed E-state index contributed by atoms with van der Waals surface area (Å²) in [6, 6.07) is 6.53. The van der Waals surface area contributed by atoms with Gasteiger partial charge in [-0.1, -0.05) is 35.1 Å². The minimum absolute atomic E-state index is 0.917. The van der Waals surface area contributed by atoms with Gasteiger partial charge in [0.1, 0.15) is 0 Å². The number of nitrogens with zero attached hydrogens (tertiary/aromatic N) is 1. The Morgan fingerprint density at radius 1 is 1.31 bits per heavy atom. The molecule has 16 heavy (non-hydrogen) atoms. The predicted molar refractivity (Wildman–Crippen MR) is 71.2 cm³/mol. The van der Waals surface area contributed by atoms with Crippen LogP contribution in [-0.2, 0) is 0 Å². The van der Waals surface area contributed by atoms with E-state index < -0.39 is 0 Å². The average molecular weight is 232 g/mol. The summed E-state index contributed by atoms with van der Waals surface area (Å²) in [6.07, 6.45) is 1.94. The van der Waals surface area contributed by atoms with E-state index >= 15 is 0 Å². The first kappa shape index (κ1) is 11.1. The molecule has 0 bridgehead atoms. The minimum Gasteiger partial charge on any atom is -0.362 e. The van der Waals surface area contributed by atoms with Gasteiger partial charge in [-0.25, -0.2) is 4.98 Å². The van der Waals surface area contributed by atoms with Crippen LogP contribution in [0, 0.1) is 13.8 Å². The molecule has 3 heteroatoms. The molecule has 84 valence electrons. The van der Waals surface area contributed by atoms with Crippen molar-refractivity contribution in [3.63, 3.8) is 0 Å². The highest BCUT2D eigenvalue weighted by Crippen LogP contribution is 2.31. The Hall–Kier alpha value is -1.35. The van der Waals surface area contributed by atoms with E-state index in [1.807, 2.05) is 6.20 Å². The van der Waals surface area contributed by atoms with E-state index in [1.165, 1.54) is 21.6 Å². The van der Waals surface area contributed by atoms with Gasteiger partial charge in [0.2, 0.25) is 0 Å². The van der Waals surface area contributed by atoms with Crippen LogP contribution in [0.1, 0.15) is 18.1 Å². The molecular weight excluding hydrogens is 216 g/mol. The molecule has 1 N–H and O–H groups in total. The molecule has 0 spiro atoms. The van der Waals surface area contributed by atoms with Gasteiger partial charge in [0.05, 0.1) is 4.88 Å². The van der Waals surface area contributed by atoms with E-state index in [9.17, 15) is 0 Å². The first-order valence-corrected chi connectivity index (χ1v) is 6.29. The summed E-state index contributed by atoms with van der Waals surface area (Å²) in [6.45, 7) is 7.26. The van der Waals surface area contributed by atoms with E-state index in [2.05, 4.69) is 49.3 Å². The monoisotopic (exact) mass is 232 g/mol. The van der Waals surface area contributed by atoms with E-state index in [4.69, 9.17) is 0 Å². The molecule has 0 saturated heterocycles. The van der Waals surface area contributed by atoms with Gasteiger partial charge in [-0.05, 0) is 31.9 Å². The molecule has 0 atom stereocenters. The fourth-order valence-electron chi connectivity index (χ4n) is 1.72. The van der Waals surface area contributed by atoms with E-state index in [0.29, 0.717) is 0 Å². The van der Waals surface area contributed by atoms with Gasteiger partial charge >= 0.3 is 0 Å². The van der Waals surface area contributed by atoms with Crippen LogP contribution in [0.2, 0.25) is 0 Å². The average Bonchev–Trinajstić information content (AvgIpc) is 2.67. The third-order valence-electron chi connectivity index (χ3n) is 2.48. The Labute approximate surface area is 100 Å². The van der Waals surface area contributed by atoms with Crippen LogP contribution < -0.4 is 5.32 Å². The molecule has 0 unspecified atom stereocenters. The highest BCUT2D eigenvalue weighted by Gasteiger charge is 2.06. The second-order valence-corrected chi connectivity index (χ2v) is 4.91. The summed E-state index contributed by atoms with van der Waals surface area (Å²) in [5, 5.41) is 4.23. The molecule has 0 saturated carbocycles. The lowest BCUT2D eigenvalue weighted by atomic mass is 10.1. The number of rotatable bonds is 3. The third kappa shape index (κ3) is 2.25. The Balaban J connectivity index is 2.35. The summed E-state index contributed by atoms with van der Waals surface area (Å²) < 4.78 is 0. The fraction of sp³-hybridized carbons (Fsp3) is 0.308. The van der Waals surface area contributed by atoms with Crippen LogP contribution in [0.15, 0.2) is 24.4 Å². The molecular formula is C13H16N2S. The number of benzene rings is 1. The topological polar surface area (TPSA) is 24.9 Å². The maximum absolute atomic E-state index is 4.35. The summed E-state index contributed by atoms with van der Waals surface area (Å²) >= 11 is 1.71. The van der Waals surface area contributed by atoms with Gasteiger partial charge in [-0.2, -0.15) is 0 Å². The SMILES string of the molecule is CCNc1ncc(-c2ccc(C)cc2C)s1. The normalized spacial score (nSPS) is 10.4. The Kier molecular flexibility index (Phi) is 3.25. The van der Waals surface area contributed by atoms with Crippen molar-refractivity contribution in [3.05, 3.63) is 35.5 Å². The quantitative estimate of drug-likeness (QED) is 0.869. The van der Waals surface area contributed by atoms with Gasteiger partial charge in [-0.3, -0.25) is 0 Å². The molecule has 0 aliphatic rings. The van der Waals surface area contributed by atoms with Crippen LogP contribution >= 0.6 is 11.3 Å². The first-order chi connectivity index (χ1) is 7.70. The largest absolute Gasteiger partial charge is 0.362 e. The second kappa shape index (κ2) is 4.66. The second-order valence-electron chi connectivity index (χ2n) is 3.88. The Bertz CT molecular complexity index is 488. The molecule has 2 aromatic rings. The summed E-state index contributed by atoms with van der Waals surface area (Å²) in [7, 11) is 0. The van der Waals surface area contributed by atoms with Gasteiger partial charge in [0.25, 0.3) is 0 Å². The fourth-order valence-corrected chi connectivity index (χ4v) is 2.70. The van der Waals surface area contributed by atoms with E-state index in [0.717, 1.165) is 11.7 Å². The lowest BCUT2D eigenvalue weighted by Gasteiger charge is -2.03. The van der Waals surface area contributed by atoms with Crippen molar-refractivity contribution in [2.45, 2.75) is 20.8 Å². The molecule has 2 rings (SSSR count). The van der Waals surface area contributed by atoms with Crippen molar-refractivity contribution in [1.82, 2.24) is 4.98 Å². The third-order valence-corrected chi connectivity index (χ3v) is 3.47. The van der Waals surface area contributed by atoms with Crippen LogP contribution in [0.25, 0.3) is 10.4 Å². The molecule has 1 heterocycles. The maximum atomic E-state index is 4.35. The molecule has 1 aromatic carbocycles. The zero-order valence-corrected chi connectivity index (χ0v) is 10.7.